The molecule has 3 aliphatic carbocycles. The molecule has 0 heterocycles. The van der Waals surface area contributed by atoms with E-state index in [2.05, 4.69) is 50.6 Å². The molecule has 0 unspecified atom stereocenters. The summed E-state index contributed by atoms with van der Waals surface area (Å²) in [4.78, 5) is 59.3. The zero-order valence-corrected chi connectivity index (χ0v) is 51.3. The average Bonchev–Trinajstić information content (AvgIpc) is 3.36. The van der Waals surface area contributed by atoms with Crippen LogP contribution in [0.5, 0.6) is 0 Å². The maximum atomic E-state index is 13.2. The van der Waals surface area contributed by atoms with Gasteiger partial charge in [0.05, 0.1) is 5.92 Å². The van der Waals surface area contributed by atoms with Gasteiger partial charge in [0, 0.05) is 42.9 Å². The Balaban J connectivity index is 0.00000114. The monoisotopic (exact) mass is 1070 g/mol. The summed E-state index contributed by atoms with van der Waals surface area (Å²) in [5.74, 6) is -0.565. The van der Waals surface area contributed by atoms with E-state index in [0.717, 1.165) is 115 Å². The molecule has 3 rings (SSSR count). The van der Waals surface area contributed by atoms with Crippen molar-refractivity contribution in [2.24, 2.45) is 23.7 Å². The molecular formula is C63H117CaN3O7. The quantitative estimate of drug-likeness (QED) is 0.0405. The largest absolute Gasteiger partial charge is 2.00 e. The number of amides is 3. The van der Waals surface area contributed by atoms with Crippen molar-refractivity contribution in [1.82, 2.24) is 16.0 Å². The molecule has 0 aromatic carbocycles. The number of nitrogens with one attached hydrogen (secondary N) is 3. The number of unbranched alkanes of at least 4 members (excludes halogenated alkanes) is 28. The molecule has 0 spiro atoms. The van der Waals surface area contributed by atoms with E-state index in [0.29, 0.717) is 5.92 Å². The minimum Gasteiger partial charge on any atom is -0.550 e. The molecular weight excluding hydrogens is 951 g/mol. The maximum absolute atomic E-state index is 13.2. The second-order valence-electron chi connectivity index (χ2n) is 23.8. The van der Waals surface area contributed by atoms with Gasteiger partial charge in [-0.3, -0.25) is 14.4 Å². The van der Waals surface area contributed by atoms with Crippen LogP contribution in [0.1, 0.15) is 330 Å². The van der Waals surface area contributed by atoms with Crippen LogP contribution in [0.4, 0.5) is 0 Å². The van der Waals surface area contributed by atoms with Gasteiger partial charge < -0.3 is 35.8 Å². The van der Waals surface area contributed by atoms with Crippen LogP contribution in [0.15, 0.2) is 0 Å². The number of carboxylic acids is 2. The Morgan fingerprint density at radius 2 is 0.568 bits per heavy atom. The number of carboxylic acid groups (broad SMARTS) is 2. The van der Waals surface area contributed by atoms with Gasteiger partial charge in [-0.1, -0.05) is 214 Å². The van der Waals surface area contributed by atoms with Crippen molar-refractivity contribution in [1.29, 1.82) is 0 Å². The van der Waals surface area contributed by atoms with Crippen molar-refractivity contribution in [3.05, 3.63) is 0 Å². The average molecular weight is 1070 g/mol. The molecule has 428 valence electrons. The van der Waals surface area contributed by atoms with Gasteiger partial charge in [0.15, 0.2) is 0 Å². The second kappa shape index (κ2) is 51.1. The summed E-state index contributed by atoms with van der Waals surface area (Å²) in [5, 5.41) is 29.9. The van der Waals surface area contributed by atoms with E-state index in [-0.39, 0.29) is 99.3 Å². The zero-order chi connectivity index (χ0) is 53.6. The van der Waals surface area contributed by atoms with Gasteiger partial charge in [0.1, 0.15) is 0 Å². The van der Waals surface area contributed by atoms with Crippen LogP contribution < -0.4 is 26.2 Å². The summed E-state index contributed by atoms with van der Waals surface area (Å²) in [7, 11) is 0. The number of hydrogen-bond donors (Lipinski definition) is 3. The van der Waals surface area contributed by atoms with Crippen molar-refractivity contribution < 1.29 is 34.2 Å². The standard InChI is InChI=1S/C27H47N3O3.2C18H36O2.Ca/c1-18-4-10-22(11-5-18)28-25(31)16-21(27(33)30-24-14-8-20(3)9-15-24)17-26(32)29-23-12-6-19(2)7-13-23;2*1-2-3-4-5-6-7-8-9-10-11-12-13-14-15-16-17-18(19)20;/h18-24H,4-17H2,1-3H3,(H,28,31)(H,29,32)(H,30,33);2*2-17H2,1H3,(H,19,20);/q;;;+2/p-2. The molecule has 3 amide bonds. The van der Waals surface area contributed by atoms with Crippen molar-refractivity contribution in [3.8, 4) is 0 Å². The minimum absolute atomic E-state index is 0. The molecule has 0 radical (unpaired) electrons. The number of aliphatic carboxylic acids is 2. The Hall–Kier alpha value is -1.39. The number of carbonyl (C=O) groups excluding carboxylic acids is 5. The summed E-state index contributed by atoms with van der Waals surface area (Å²) in [6.45, 7) is 11.3. The minimum atomic E-state index is -0.903. The van der Waals surface area contributed by atoms with Crippen molar-refractivity contribution >= 4 is 67.4 Å². The van der Waals surface area contributed by atoms with Gasteiger partial charge in [0.25, 0.3) is 0 Å². The third-order valence-corrected chi connectivity index (χ3v) is 16.3. The van der Waals surface area contributed by atoms with Crippen LogP contribution in [0.3, 0.4) is 0 Å². The first kappa shape index (κ1) is 72.6. The molecule has 0 saturated heterocycles. The van der Waals surface area contributed by atoms with E-state index in [1.54, 1.807) is 0 Å². The number of hydrogen-bond acceptors (Lipinski definition) is 7. The smallest absolute Gasteiger partial charge is 0.550 e. The van der Waals surface area contributed by atoms with Gasteiger partial charge in [-0.25, -0.2) is 0 Å². The third kappa shape index (κ3) is 45.6. The number of rotatable bonds is 40. The first-order valence-corrected chi connectivity index (χ1v) is 31.6. The van der Waals surface area contributed by atoms with Gasteiger partial charge in [0.2, 0.25) is 17.7 Å². The Morgan fingerprint density at radius 3 is 0.797 bits per heavy atom. The Labute approximate surface area is 486 Å². The van der Waals surface area contributed by atoms with E-state index < -0.39 is 17.9 Å². The summed E-state index contributed by atoms with van der Waals surface area (Å²) in [5.41, 5.74) is 0. The summed E-state index contributed by atoms with van der Waals surface area (Å²) < 4.78 is 0. The SMILES string of the molecule is CC1CCC(NC(=O)CC(CC(=O)NC2CCC(C)CC2)C(=O)NC2CCC(C)CC2)CC1.CCCCCCCCCCCCCCCCCC(=O)[O-].CCCCCCCCCCCCCCCCCC(=O)[O-].[Ca+2]. The summed E-state index contributed by atoms with van der Waals surface area (Å²) in [6.07, 6.45) is 52.7. The molecule has 3 N–H and O–H groups in total. The van der Waals surface area contributed by atoms with Gasteiger partial charge >= 0.3 is 37.7 Å². The van der Waals surface area contributed by atoms with E-state index in [1.165, 1.54) is 167 Å². The topological polar surface area (TPSA) is 168 Å². The fourth-order valence-electron chi connectivity index (χ4n) is 11.1. The molecule has 3 aliphatic rings. The zero-order valence-electron chi connectivity index (χ0n) is 49.1. The maximum Gasteiger partial charge on any atom is 2.00 e. The molecule has 0 aliphatic heterocycles. The van der Waals surface area contributed by atoms with Gasteiger partial charge in [-0.2, -0.15) is 0 Å². The van der Waals surface area contributed by atoms with Crippen LogP contribution in [0, 0.1) is 23.7 Å². The molecule has 0 aromatic heterocycles. The van der Waals surface area contributed by atoms with Crippen molar-refractivity contribution in [2.75, 3.05) is 0 Å². The first-order chi connectivity index (χ1) is 35.3. The molecule has 0 aromatic rings. The van der Waals surface area contributed by atoms with Crippen LogP contribution >= 0.6 is 0 Å². The van der Waals surface area contributed by atoms with Crippen LogP contribution in [0.25, 0.3) is 0 Å². The van der Waals surface area contributed by atoms with E-state index in [1.807, 2.05) is 0 Å². The van der Waals surface area contributed by atoms with Crippen LogP contribution in [0.2, 0.25) is 0 Å². The molecule has 0 bridgehead atoms. The van der Waals surface area contributed by atoms with Crippen LogP contribution in [-0.4, -0.2) is 85.5 Å². The normalized spacial score (nSPS) is 20.8. The fraction of sp³-hybridized carbons (Fsp3) is 0.921. The third-order valence-electron chi connectivity index (χ3n) is 16.3. The Morgan fingerprint density at radius 1 is 0.351 bits per heavy atom. The second-order valence-corrected chi connectivity index (χ2v) is 23.8. The molecule has 3 saturated carbocycles. The predicted octanol–water partition coefficient (Wildman–Crippen LogP) is 14.1. The van der Waals surface area contributed by atoms with Crippen molar-refractivity contribution in [3.63, 3.8) is 0 Å². The fourth-order valence-corrected chi connectivity index (χ4v) is 11.1. The summed E-state index contributed by atoms with van der Waals surface area (Å²) in [6, 6.07) is 0.576. The Bertz CT molecular complexity index is 1260. The molecule has 10 nitrogen and oxygen atoms in total. The van der Waals surface area contributed by atoms with Crippen molar-refractivity contribution in [2.45, 2.75) is 348 Å². The molecule has 0 atom stereocenters. The van der Waals surface area contributed by atoms with E-state index >= 15 is 0 Å². The molecule has 3 fully saturated rings. The number of carbonyl (C=O) groups is 5. The van der Waals surface area contributed by atoms with E-state index in [9.17, 15) is 34.2 Å². The van der Waals surface area contributed by atoms with Gasteiger partial charge in [-0.15, -0.1) is 0 Å². The summed E-state index contributed by atoms with van der Waals surface area (Å²) >= 11 is 0. The molecule has 11 heteroatoms. The van der Waals surface area contributed by atoms with Crippen LogP contribution in [-0.2, 0) is 24.0 Å². The van der Waals surface area contributed by atoms with E-state index in [4.69, 9.17) is 0 Å². The Kier molecular flexibility index (Phi) is 50.1. The predicted molar refractivity (Wildman–Crippen MR) is 306 cm³/mol. The molecule has 74 heavy (non-hydrogen) atoms. The van der Waals surface area contributed by atoms with Gasteiger partial charge in [-0.05, 0) is 120 Å². The first-order valence-electron chi connectivity index (χ1n) is 31.6.